The molecule has 0 spiro atoms. The fourth-order valence-electron chi connectivity index (χ4n) is 4.14. The number of hydrogen-bond acceptors (Lipinski definition) is 5. The molecule has 1 atom stereocenters. The van der Waals surface area contributed by atoms with Crippen LogP contribution in [0.3, 0.4) is 0 Å². The van der Waals surface area contributed by atoms with Gasteiger partial charge in [-0.1, -0.05) is 38.1 Å². The van der Waals surface area contributed by atoms with Crippen molar-refractivity contribution in [1.82, 2.24) is 9.97 Å². The Hall–Kier alpha value is -3.02. The zero-order valence-electron chi connectivity index (χ0n) is 16.7. The van der Waals surface area contributed by atoms with Crippen LogP contribution in [0.4, 0.5) is 5.95 Å². The predicted molar refractivity (Wildman–Crippen MR) is 111 cm³/mol. The van der Waals surface area contributed by atoms with Crippen LogP contribution in [0.2, 0.25) is 0 Å². The fraction of sp³-hybridized carbons (Fsp3) is 0.364. The summed E-state index contributed by atoms with van der Waals surface area (Å²) in [4.78, 5) is 22.8. The summed E-state index contributed by atoms with van der Waals surface area (Å²) in [5, 5.41) is 0.486. The lowest BCUT2D eigenvalue weighted by molar-refractivity contribution is 0.355. The molecule has 0 saturated carbocycles. The molecule has 0 saturated heterocycles. The molecule has 146 valence electrons. The van der Waals surface area contributed by atoms with Gasteiger partial charge in [-0.3, -0.25) is 9.78 Å². The topological polar surface area (TPSA) is 67.5 Å². The van der Waals surface area contributed by atoms with E-state index in [4.69, 9.17) is 14.5 Å². The molecule has 2 aromatic carbocycles. The summed E-state index contributed by atoms with van der Waals surface area (Å²) in [7, 11) is 3.13. The van der Waals surface area contributed by atoms with Crippen LogP contribution in [0, 0.1) is 5.92 Å². The van der Waals surface area contributed by atoms with Crippen LogP contribution in [-0.4, -0.2) is 30.7 Å². The summed E-state index contributed by atoms with van der Waals surface area (Å²) in [5.74, 6) is 2.04. The Labute approximate surface area is 164 Å². The molecule has 1 aromatic heterocycles. The summed E-state index contributed by atoms with van der Waals surface area (Å²) in [6, 6.07) is 12.1. The minimum Gasteiger partial charge on any atom is -0.493 e. The number of aromatic amines is 1. The summed E-state index contributed by atoms with van der Waals surface area (Å²) in [6.07, 6.45) is 0.924. The molecule has 1 aliphatic heterocycles. The van der Waals surface area contributed by atoms with Gasteiger partial charge in [0.2, 0.25) is 5.95 Å². The first-order chi connectivity index (χ1) is 13.5. The lowest BCUT2D eigenvalue weighted by atomic mass is 9.86. The van der Waals surface area contributed by atoms with Crippen molar-refractivity contribution in [2.45, 2.75) is 26.3 Å². The Bertz CT molecular complexity index is 1070. The number of nitrogens with zero attached hydrogens (tertiary/aromatic N) is 2. The van der Waals surface area contributed by atoms with E-state index in [1.165, 1.54) is 11.1 Å². The number of H-pyrrole nitrogens is 1. The molecule has 6 heteroatoms. The van der Waals surface area contributed by atoms with Gasteiger partial charge in [0.1, 0.15) is 0 Å². The first-order valence-electron chi connectivity index (χ1n) is 9.54. The van der Waals surface area contributed by atoms with Gasteiger partial charge in [0.15, 0.2) is 11.5 Å². The van der Waals surface area contributed by atoms with Crippen molar-refractivity contribution in [1.29, 1.82) is 0 Å². The molecule has 4 rings (SSSR count). The highest BCUT2D eigenvalue weighted by molar-refractivity contribution is 5.82. The molecule has 2 heterocycles. The molecule has 1 aliphatic rings. The largest absolute Gasteiger partial charge is 0.493 e. The number of hydrogen-bond donors (Lipinski definition) is 1. The molecule has 1 unspecified atom stereocenters. The minimum atomic E-state index is -0.178. The molecule has 1 N–H and O–H groups in total. The van der Waals surface area contributed by atoms with Gasteiger partial charge in [0, 0.05) is 12.6 Å². The third-order valence-electron chi connectivity index (χ3n) is 5.43. The van der Waals surface area contributed by atoms with Gasteiger partial charge in [0.25, 0.3) is 5.56 Å². The van der Waals surface area contributed by atoms with E-state index < -0.39 is 0 Å². The van der Waals surface area contributed by atoms with E-state index in [-0.39, 0.29) is 11.6 Å². The number of fused-ring (bicyclic) bond motifs is 2. The van der Waals surface area contributed by atoms with E-state index >= 15 is 0 Å². The van der Waals surface area contributed by atoms with Crippen LogP contribution >= 0.6 is 0 Å². The van der Waals surface area contributed by atoms with Gasteiger partial charge in [-0.15, -0.1) is 0 Å². The SMILES string of the molecule is COc1cc2nc(N3CCc4ccccc4C3C(C)C)[nH]c(=O)c2cc1OC. The van der Waals surface area contributed by atoms with Crippen LogP contribution in [0.1, 0.15) is 31.0 Å². The zero-order chi connectivity index (χ0) is 19.8. The number of nitrogens with one attached hydrogen (secondary N) is 1. The van der Waals surface area contributed by atoms with Crippen molar-refractivity contribution in [2.75, 3.05) is 25.7 Å². The van der Waals surface area contributed by atoms with E-state index in [1.54, 1.807) is 26.4 Å². The Kier molecular flexibility index (Phi) is 4.71. The fourth-order valence-corrected chi connectivity index (χ4v) is 4.14. The average molecular weight is 379 g/mol. The van der Waals surface area contributed by atoms with Gasteiger partial charge in [-0.2, -0.15) is 0 Å². The molecule has 0 bridgehead atoms. The number of benzene rings is 2. The third-order valence-corrected chi connectivity index (χ3v) is 5.43. The Morgan fingerprint density at radius 3 is 2.57 bits per heavy atom. The maximum absolute atomic E-state index is 12.8. The second kappa shape index (κ2) is 7.19. The molecule has 28 heavy (non-hydrogen) atoms. The minimum absolute atomic E-state index is 0.158. The quantitative estimate of drug-likeness (QED) is 0.749. The van der Waals surface area contributed by atoms with Crippen molar-refractivity contribution in [2.24, 2.45) is 5.92 Å². The second-order valence-electron chi connectivity index (χ2n) is 7.44. The summed E-state index contributed by atoms with van der Waals surface area (Å²) < 4.78 is 10.7. The molecule has 6 nitrogen and oxygen atoms in total. The maximum atomic E-state index is 12.8. The van der Waals surface area contributed by atoms with Gasteiger partial charge < -0.3 is 14.4 Å². The second-order valence-corrected chi connectivity index (χ2v) is 7.44. The molecule has 0 aliphatic carbocycles. The predicted octanol–water partition coefficient (Wildman–Crippen LogP) is 3.70. The smallest absolute Gasteiger partial charge is 0.260 e. The van der Waals surface area contributed by atoms with Crippen LogP contribution in [0.25, 0.3) is 10.9 Å². The lowest BCUT2D eigenvalue weighted by Crippen LogP contribution is -2.40. The third kappa shape index (κ3) is 2.99. The Morgan fingerprint density at radius 2 is 1.86 bits per heavy atom. The zero-order valence-corrected chi connectivity index (χ0v) is 16.7. The van der Waals surface area contributed by atoms with Crippen LogP contribution < -0.4 is 19.9 Å². The van der Waals surface area contributed by atoms with Crippen LogP contribution in [-0.2, 0) is 6.42 Å². The van der Waals surface area contributed by atoms with Crippen molar-refractivity contribution in [3.05, 3.63) is 57.9 Å². The number of methoxy groups -OCH3 is 2. The van der Waals surface area contributed by atoms with Crippen molar-refractivity contribution in [3.8, 4) is 11.5 Å². The summed E-state index contributed by atoms with van der Waals surface area (Å²) in [5.41, 5.74) is 3.09. The average Bonchev–Trinajstić information content (AvgIpc) is 2.71. The van der Waals surface area contributed by atoms with Gasteiger partial charge >= 0.3 is 0 Å². The number of anilines is 1. The van der Waals surface area contributed by atoms with E-state index in [9.17, 15) is 4.79 Å². The molecule has 3 aromatic rings. The highest BCUT2D eigenvalue weighted by Gasteiger charge is 2.31. The van der Waals surface area contributed by atoms with E-state index in [1.807, 2.05) is 0 Å². The standard InChI is InChI=1S/C22H25N3O3/c1-13(2)20-15-8-6-5-7-14(15)9-10-25(20)22-23-17-12-19(28-4)18(27-3)11-16(17)21(26)24-22/h5-8,11-13,20H,9-10H2,1-4H3,(H,23,24,26). The maximum Gasteiger partial charge on any atom is 0.260 e. The molecule has 0 amide bonds. The van der Waals surface area contributed by atoms with Crippen LogP contribution in [0.15, 0.2) is 41.2 Å². The number of rotatable bonds is 4. The monoisotopic (exact) mass is 379 g/mol. The summed E-state index contributed by atoms with van der Waals surface area (Å²) >= 11 is 0. The first kappa shape index (κ1) is 18.3. The highest BCUT2D eigenvalue weighted by atomic mass is 16.5. The van der Waals surface area contributed by atoms with Gasteiger partial charge in [-0.05, 0) is 29.5 Å². The molecular weight excluding hydrogens is 354 g/mol. The molecule has 0 fully saturated rings. The molecule has 0 radical (unpaired) electrons. The molecular formula is C22H25N3O3. The first-order valence-corrected chi connectivity index (χ1v) is 9.54. The van der Waals surface area contributed by atoms with Crippen LogP contribution in [0.5, 0.6) is 11.5 Å². The normalized spacial score (nSPS) is 16.3. The van der Waals surface area contributed by atoms with Crippen molar-refractivity contribution >= 4 is 16.9 Å². The van der Waals surface area contributed by atoms with Gasteiger partial charge in [-0.25, -0.2) is 4.98 Å². The van der Waals surface area contributed by atoms with E-state index in [0.717, 1.165) is 13.0 Å². The van der Waals surface area contributed by atoms with E-state index in [0.29, 0.717) is 34.3 Å². The Balaban J connectivity index is 1.85. The number of ether oxygens (including phenoxy) is 2. The highest BCUT2D eigenvalue weighted by Crippen LogP contribution is 2.37. The number of aromatic nitrogens is 2. The van der Waals surface area contributed by atoms with Crippen molar-refractivity contribution in [3.63, 3.8) is 0 Å². The summed E-state index contributed by atoms with van der Waals surface area (Å²) in [6.45, 7) is 5.21. The van der Waals surface area contributed by atoms with E-state index in [2.05, 4.69) is 48.0 Å². The van der Waals surface area contributed by atoms with Gasteiger partial charge in [0.05, 0.1) is 31.2 Å². The Morgan fingerprint density at radius 1 is 1.14 bits per heavy atom. The van der Waals surface area contributed by atoms with Crippen molar-refractivity contribution < 1.29 is 9.47 Å². The lowest BCUT2D eigenvalue weighted by Gasteiger charge is -2.40.